The van der Waals surface area contributed by atoms with Gasteiger partial charge in [-0.25, -0.2) is 8.42 Å². The Balaban J connectivity index is 0.000000563. The molecule has 0 unspecified atom stereocenters. The van der Waals surface area contributed by atoms with Crippen LogP contribution in [-0.2, 0) is 27.2 Å². The number of nitro groups is 5. The zero-order chi connectivity index (χ0) is 50.2. The van der Waals surface area contributed by atoms with Gasteiger partial charge in [0.05, 0.1) is 75.8 Å². The predicted molar refractivity (Wildman–Crippen MR) is 223 cm³/mol. The van der Waals surface area contributed by atoms with E-state index in [1.807, 2.05) is 0 Å². The monoisotopic (exact) mass is 1050 g/mol. The van der Waals surface area contributed by atoms with Gasteiger partial charge in [0, 0.05) is 41.5 Å². The molecule has 0 aliphatic heterocycles. The zero-order valence-corrected chi connectivity index (χ0v) is 39.2. The molecule has 6 aromatic carbocycles. The Labute approximate surface area is 425 Å². The Morgan fingerprint density at radius 1 is 0.521 bits per heavy atom. The third-order valence-electron chi connectivity index (χ3n) is 8.28. The standard InChI is InChI=1S/C24H16N8O12S.C12H8N4O7.Fe.H3N.Na/c33-20-7-6-17(27-28-18-9-15(31(38)39)10-19(23(18)34)32(40)41)24(35)22(20)29-26-13-3-1-2-12(8-13)25-16-5-4-14(30(36)37)11-21(16)45(42,43)44;17-7-1-2-8(11(18)5-7)13-14-9-3-6(15(20)21)4-10(12(9)19)16(22)23;;;/h1-11,25,33-35H,(H,42,43,44);1-5,17-19H;;1H3;/q;;+3;;+1/p-4. The van der Waals surface area contributed by atoms with Crippen LogP contribution in [0.1, 0.15) is 0 Å². The van der Waals surface area contributed by atoms with Gasteiger partial charge < -0.3 is 46.7 Å². The molecular weight excluding hydrogens is 1030 g/mol. The number of azo groups is 3. The molecular formula is C36H23FeN13NaO19S. The number of benzene rings is 6. The van der Waals surface area contributed by atoms with Crippen LogP contribution in [0.25, 0.3) is 0 Å². The van der Waals surface area contributed by atoms with Gasteiger partial charge in [-0.2, -0.15) is 25.6 Å². The summed E-state index contributed by atoms with van der Waals surface area (Å²) in [7, 11) is -5.13. The summed E-state index contributed by atoms with van der Waals surface area (Å²) in [5.41, 5.74) is -7.36. The van der Waals surface area contributed by atoms with Crippen LogP contribution in [0.4, 0.5) is 73.9 Å². The second kappa shape index (κ2) is 24.4. The first-order chi connectivity index (χ1) is 31.9. The Morgan fingerprint density at radius 2 is 1.03 bits per heavy atom. The maximum absolute atomic E-state index is 12.9. The quantitative estimate of drug-likeness (QED) is 0.0395. The summed E-state index contributed by atoms with van der Waals surface area (Å²) in [5.74, 6) is -5.21. The van der Waals surface area contributed by atoms with Gasteiger partial charge in [0.1, 0.15) is 27.3 Å². The molecule has 0 atom stereocenters. The van der Waals surface area contributed by atoms with E-state index in [9.17, 15) is 89.1 Å². The van der Waals surface area contributed by atoms with Gasteiger partial charge in [-0.05, 0) is 60.3 Å². The van der Waals surface area contributed by atoms with Crippen LogP contribution in [0, 0.1) is 50.6 Å². The summed E-state index contributed by atoms with van der Waals surface area (Å²) in [6, 6.07) is 15.4. The maximum atomic E-state index is 12.9. The molecule has 0 fully saturated rings. The largest absolute Gasteiger partial charge is 3.00 e. The Morgan fingerprint density at radius 3 is 1.52 bits per heavy atom. The number of nitrogens with zero attached hydrogens (tertiary/aromatic N) is 11. The molecule has 0 aliphatic carbocycles. The molecule has 0 aliphatic rings. The first kappa shape index (κ1) is 58.2. The number of phenols is 2. The second-order valence-corrected chi connectivity index (χ2v) is 14.1. The molecule has 0 saturated heterocycles. The van der Waals surface area contributed by atoms with E-state index in [4.69, 9.17) is 5.11 Å². The summed E-state index contributed by atoms with van der Waals surface area (Å²) in [4.78, 5) is 48.7. The fourth-order valence-corrected chi connectivity index (χ4v) is 5.82. The van der Waals surface area contributed by atoms with Gasteiger partial charge in [0.15, 0.2) is 0 Å². The molecule has 0 heterocycles. The van der Waals surface area contributed by atoms with Crippen molar-refractivity contribution in [3.8, 4) is 34.5 Å². The number of anilines is 2. The molecule has 361 valence electrons. The van der Waals surface area contributed by atoms with Crippen molar-refractivity contribution in [3.05, 3.63) is 148 Å². The maximum Gasteiger partial charge on any atom is 3.00 e. The van der Waals surface area contributed by atoms with Gasteiger partial charge in [-0.15, -0.1) is 5.11 Å². The third kappa shape index (κ3) is 14.6. The molecule has 0 amide bonds. The van der Waals surface area contributed by atoms with Crippen molar-refractivity contribution in [1.29, 1.82) is 0 Å². The van der Waals surface area contributed by atoms with E-state index in [-0.39, 0.29) is 81.3 Å². The third-order valence-corrected chi connectivity index (χ3v) is 9.16. The van der Waals surface area contributed by atoms with Gasteiger partial charge in [-0.3, -0.25) is 50.6 Å². The molecule has 32 nitrogen and oxygen atoms in total. The molecule has 0 spiro atoms. The van der Waals surface area contributed by atoms with Crippen molar-refractivity contribution in [2.45, 2.75) is 4.90 Å². The van der Waals surface area contributed by atoms with E-state index in [0.717, 1.165) is 42.5 Å². The van der Waals surface area contributed by atoms with E-state index in [0.29, 0.717) is 30.3 Å². The van der Waals surface area contributed by atoms with E-state index in [1.54, 1.807) is 0 Å². The normalized spacial score (nSPS) is 10.8. The molecule has 6 aromatic rings. The topological polar surface area (TPSA) is 528 Å². The first-order valence-corrected chi connectivity index (χ1v) is 19.0. The fraction of sp³-hybridized carbons (Fsp3) is 0. The second-order valence-electron chi connectivity index (χ2n) is 12.8. The first-order valence-electron chi connectivity index (χ1n) is 17.6. The number of aromatic hydroxyl groups is 2. The van der Waals surface area contributed by atoms with Crippen LogP contribution >= 0.6 is 0 Å². The average molecular weight is 1050 g/mol. The van der Waals surface area contributed by atoms with E-state index < -0.39 is 120 Å². The van der Waals surface area contributed by atoms with Crippen LogP contribution in [0.15, 0.2) is 133 Å². The molecule has 6 rings (SSSR count). The number of hydrogen-bond acceptors (Lipinski definition) is 26. The molecule has 1 radical (unpaired) electrons. The molecule has 0 bridgehead atoms. The summed E-state index contributed by atoms with van der Waals surface area (Å²) in [5, 5.41) is 146. The number of quaternary nitrogens is 1. The van der Waals surface area contributed by atoms with Crippen molar-refractivity contribution in [1.82, 2.24) is 6.15 Å². The number of hydrogen-bond donors (Lipinski definition) is 4. The SMILES string of the molecule is O=[N+]([O-])c1cc(N=Nc2ccc(O)c(N=Nc3cccc(Nc4ccc([N+](=O)[O-])cc4S(=O)(=O)[O-])c3)c2[O-])c([O-])c([N+](=O)[O-])c1.O=[N+]([O-])c1cc(N=Nc2ccc(O)cc2[O-])c([O-])c([N+](=O)[O-])c1.[Fe+3].[NH4+].[Na+]. The predicted octanol–water partition coefficient (Wildman–Crippen LogP) is 3.89. The van der Waals surface area contributed by atoms with Crippen molar-refractivity contribution in [2.24, 2.45) is 30.7 Å². The van der Waals surface area contributed by atoms with Gasteiger partial charge in [0.2, 0.25) is 0 Å². The molecule has 71 heavy (non-hydrogen) atoms. The van der Waals surface area contributed by atoms with E-state index in [2.05, 4.69) is 36.0 Å². The Kier molecular flexibility index (Phi) is 20.0. The van der Waals surface area contributed by atoms with Crippen molar-refractivity contribution in [2.75, 3.05) is 5.32 Å². The van der Waals surface area contributed by atoms with E-state index >= 15 is 0 Å². The number of nitrogens with one attached hydrogen (secondary N) is 1. The molecule has 35 heteroatoms. The summed E-state index contributed by atoms with van der Waals surface area (Å²) >= 11 is 0. The Bertz CT molecular complexity index is 3290. The summed E-state index contributed by atoms with van der Waals surface area (Å²) in [6.07, 6.45) is 0. The summed E-state index contributed by atoms with van der Waals surface area (Å²) in [6.45, 7) is 0. The van der Waals surface area contributed by atoms with Crippen LogP contribution in [0.2, 0.25) is 0 Å². The van der Waals surface area contributed by atoms with Gasteiger partial charge >= 0.3 is 46.6 Å². The minimum atomic E-state index is -5.13. The fourth-order valence-electron chi connectivity index (χ4n) is 5.17. The minimum Gasteiger partial charge on any atom is -0.871 e. The molecule has 7 N–H and O–H groups in total. The summed E-state index contributed by atoms with van der Waals surface area (Å²) < 4.78 is 35.0. The number of nitro benzene ring substituents is 5. The van der Waals surface area contributed by atoms with Crippen molar-refractivity contribution in [3.63, 3.8) is 0 Å². The number of phenolic OH excluding ortho intramolecular Hbond substituents is 2. The molecule has 0 saturated carbocycles. The van der Waals surface area contributed by atoms with Crippen LogP contribution in [0.3, 0.4) is 0 Å². The smallest absolute Gasteiger partial charge is 0.871 e. The molecule has 0 aromatic heterocycles. The van der Waals surface area contributed by atoms with Gasteiger partial charge in [-0.1, -0.05) is 11.8 Å². The minimum absolute atomic E-state index is 0. The zero-order valence-electron chi connectivity index (χ0n) is 35.3. The van der Waals surface area contributed by atoms with Crippen LogP contribution in [0.5, 0.6) is 34.5 Å². The average Bonchev–Trinajstić information content (AvgIpc) is 3.26. The van der Waals surface area contributed by atoms with E-state index in [1.165, 1.54) is 24.3 Å². The van der Waals surface area contributed by atoms with Crippen molar-refractivity contribution >= 4 is 84.1 Å². The van der Waals surface area contributed by atoms with Crippen LogP contribution < -0.4 is 61.5 Å². The van der Waals surface area contributed by atoms with Gasteiger partial charge in [0.25, 0.3) is 28.4 Å². The van der Waals surface area contributed by atoms with Crippen LogP contribution in [-0.4, -0.2) is 47.8 Å². The number of rotatable bonds is 14. The Hall–Kier alpha value is -8.89. The number of non-ortho nitro benzene ring substituents is 3. The van der Waals surface area contributed by atoms with Crippen molar-refractivity contribution < 1.29 is 115 Å².